The first-order chi connectivity index (χ1) is 7.29. The number of aliphatic hydroxyl groups is 1. The minimum atomic E-state index is -0.913. The zero-order valence-corrected chi connectivity index (χ0v) is 10.1. The first-order valence-corrected chi connectivity index (χ1v) is 5.57. The number of carboxylic acid groups (broad SMARTS) is 1. The Kier molecular flexibility index (Phi) is 4.29. The zero-order valence-electron chi connectivity index (χ0n) is 10.1. The lowest BCUT2D eigenvalue weighted by Gasteiger charge is -2.35. The molecule has 5 nitrogen and oxygen atoms in total. The fraction of sp³-hybridized carbons (Fsp3) is 0.909. The van der Waals surface area contributed by atoms with Crippen LogP contribution in [0.2, 0.25) is 0 Å². The lowest BCUT2D eigenvalue weighted by Crippen LogP contribution is -2.48. The summed E-state index contributed by atoms with van der Waals surface area (Å²) < 4.78 is 5.58. The van der Waals surface area contributed by atoms with E-state index >= 15 is 0 Å². The molecule has 1 heterocycles. The molecule has 0 aromatic carbocycles. The third-order valence-electron chi connectivity index (χ3n) is 2.66. The number of hydrogen-bond donors (Lipinski definition) is 2. The van der Waals surface area contributed by atoms with Crippen LogP contribution in [0.5, 0.6) is 0 Å². The van der Waals surface area contributed by atoms with E-state index in [2.05, 4.69) is 0 Å². The first-order valence-electron chi connectivity index (χ1n) is 5.57. The van der Waals surface area contributed by atoms with Gasteiger partial charge in [-0.25, -0.2) is 0 Å². The predicted octanol–water partition coefficient (Wildman–Crippen LogP) is 0.526. The van der Waals surface area contributed by atoms with Gasteiger partial charge in [0.25, 0.3) is 0 Å². The summed E-state index contributed by atoms with van der Waals surface area (Å²) in [6.45, 7) is 7.36. The molecular weight excluding hydrogens is 210 g/mol. The van der Waals surface area contributed by atoms with Gasteiger partial charge in [0.1, 0.15) is 0 Å². The zero-order chi connectivity index (χ0) is 12.3. The molecule has 1 aliphatic heterocycles. The summed E-state index contributed by atoms with van der Waals surface area (Å²) in [5.41, 5.74) is -0.214. The van der Waals surface area contributed by atoms with Gasteiger partial charge in [0.2, 0.25) is 0 Å². The monoisotopic (exact) mass is 231 g/mol. The van der Waals surface area contributed by atoms with Gasteiger partial charge < -0.3 is 14.9 Å². The van der Waals surface area contributed by atoms with Crippen molar-refractivity contribution in [3.63, 3.8) is 0 Å². The second kappa shape index (κ2) is 5.12. The number of β-amino-alcohol motifs (C(OH)–C–C–N with tert-alkyl or cyclic N) is 1. The molecule has 5 heteroatoms. The molecule has 0 aromatic rings. The number of aliphatic hydroxyl groups excluding tert-OH is 1. The summed E-state index contributed by atoms with van der Waals surface area (Å²) in [4.78, 5) is 12.7. The summed E-state index contributed by atoms with van der Waals surface area (Å²) in [5.74, 6) is -1.55. The van der Waals surface area contributed by atoms with E-state index in [9.17, 15) is 9.90 Å². The number of hydrogen-bond acceptors (Lipinski definition) is 4. The SMILES string of the molecule is CC(C)(C)OCN1CC[C@@H](C(=O)O)[C@H](O)C1. The Hall–Kier alpha value is -0.650. The molecule has 0 saturated carbocycles. The van der Waals surface area contributed by atoms with Crippen LogP contribution in [0.25, 0.3) is 0 Å². The van der Waals surface area contributed by atoms with E-state index in [1.54, 1.807) is 0 Å². The molecule has 0 aromatic heterocycles. The Bertz CT molecular complexity index is 249. The van der Waals surface area contributed by atoms with Crippen molar-refractivity contribution in [2.75, 3.05) is 19.8 Å². The third kappa shape index (κ3) is 4.08. The Morgan fingerprint density at radius 2 is 2.12 bits per heavy atom. The number of carbonyl (C=O) groups is 1. The summed E-state index contributed by atoms with van der Waals surface area (Å²) in [5, 5.41) is 18.5. The average molecular weight is 231 g/mol. The number of likely N-dealkylation sites (tertiary alicyclic amines) is 1. The molecule has 16 heavy (non-hydrogen) atoms. The highest BCUT2D eigenvalue weighted by Gasteiger charge is 2.32. The molecule has 0 aliphatic carbocycles. The highest BCUT2D eigenvalue weighted by molar-refractivity contribution is 5.70. The minimum absolute atomic E-state index is 0.214. The number of ether oxygens (including phenoxy) is 1. The van der Waals surface area contributed by atoms with Gasteiger partial charge in [0.05, 0.1) is 24.4 Å². The molecule has 1 saturated heterocycles. The smallest absolute Gasteiger partial charge is 0.309 e. The van der Waals surface area contributed by atoms with E-state index in [-0.39, 0.29) is 5.60 Å². The van der Waals surface area contributed by atoms with E-state index in [0.29, 0.717) is 26.2 Å². The molecule has 2 atom stereocenters. The molecule has 1 aliphatic rings. The lowest BCUT2D eigenvalue weighted by molar-refractivity contribution is -0.151. The van der Waals surface area contributed by atoms with Gasteiger partial charge in [-0.2, -0.15) is 0 Å². The first kappa shape index (κ1) is 13.4. The van der Waals surface area contributed by atoms with Crippen molar-refractivity contribution in [2.24, 2.45) is 5.92 Å². The fourth-order valence-corrected chi connectivity index (χ4v) is 1.69. The number of carboxylic acids is 1. The van der Waals surface area contributed by atoms with Crippen LogP contribution in [0.1, 0.15) is 27.2 Å². The molecule has 1 rings (SSSR count). The molecule has 0 radical (unpaired) electrons. The van der Waals surface area contributed by atoms with E-state index < -0.39 is 18.0 Å². The van der Waals surface area contributed by atoms with Crippen molar-refractivity contribution in [3.8, 4) is 0 Å². The van der Waals surface area contributed by atoms with Crippen LogP contribution in [0.4, 0.5) is 0 Å². The van der Waals surface area contributed by atoms with Gasteiger partial charge in [-0.1, -0.05) is 0 Å². The lowest BCUT2D eigenvalue weighted by atomic mass is 9.94. The maximum absolute atomic E-state index is 10.8. The molecule has 0 spiro atoms. The van der Waals surface area contributed by atoms with Crippen LogP contribution in [-0.4, -0.2) is 52.6 Å². The topological polar surface area (TPSA) is 70.0 Å². The van der Waals surface area contributed by atoms with Gasteiger partial charge >= 0.3 is 5.97 Å². The number of aliphatic carboxylic acids is 1. The van der Waals surface area contributed by atoms with E-state index in [1.807, 2.05) is 25.7 Å². The quantitative estimate of drug-likeness (QED) is 0.741. The summed E-state index contributed by atoms with van der Waals surface area (Å²) >= 11 is 0. The summed E-state index contributed by atoms with van der Waals surface area (Å²) in [7, 11) is 0. The van der Waals surface area contributed by atoms with Crippen LogP contribution in [0.3, 0.4) is 0 Å². The van der Waals surface area contributed by atoms with Crippen molar-refractivity contribution in [1.82, 2.24) is 4.90 Å². The minimum Gasteiger partial charge on any atom is -0.481 e. The van der Waals surface area contributed by atoms with Crippen molar-refractivity contribution in [3.05, 3.63) is 0 Å². The molecule has 1 fully saturated rings. The van der Waals surface area contributed by atoms with Crippen LogP contribution >= 0.6 is 0 Å². The normalized spacial score (nSPS) is 28.0. The summed E-state index contributed by atoms with van der Waals surface area (Å²) in [6, 6.07) is 0. The highest BCUT2D eigenvalue weighted by Crippen LogP contribution is 2.19. The van der Waals surface area contributed by atoms with Crippen molar-refractivity contribution < 1.29 is 19.7 Å². The van der Waals surface area contributed by atoms with E-state index in [4.69, 9.17) is 9.84 Å². The van der Waals surface area contributed by atoms with E-state index in [0.717, 1.165) is 0 Å². The fourth-order valence-electron chi connectivity index (χ4n) is 1.69. The van der Waals surface area contributed by atoms with Crippen LogP contribution < -0.4 is 0 Å². The Balaban J connectivity index is 2.37. The van der Waals surface area contributed by atoms with Crippen LogP contribution in [-0.2, 0) is 9.53 Å². The second-order valence-corrected chi connectivity index (χ2v) is 5.26. The largest absolute Gasteiger partial charge is 0.481 e. The van der Waals surface area contributed by atoms with Crippen LogP contribution in [0.15, 0.2) is 0 Å². The third-order valence-corrected chi connectivity index (χ3v) is 2.66. The average Bonchev–Trinajstić information content (AvgIpc) is 2.13. The second-order valence-electron chi connectivity index (χ2n) is 5.26. The van der Waals surface area contributed by atoms with Crippen molar-refractivity contribution >= 4 is 5.97 Å². The number of nitrogens with zero attached hydrogens (tertiary/aromatic N) is 1. The molecule has 2 N–H and O–H groups in total. The number of rotatable bonds is 3. The predicted molar refractivity (Wildman–Crippen MR) is 59.0 cm³/mol. The Morgan fingerprint density at radius 3 is 2.56 bits per heavy atom. The summed E-state index contributed by atoms with van der Waals surface area (Å²) in [6.07, 6.45) is -0.320. The Morgan fingerprint density at radius 1 is 1.50 bits per heavy atom. The van der Waals surface area contributed by atoms with Gasteiger partial charge in [-0.05, 0) is 27.2 Å². The maximum Gasteiger partial charge on any atom is 0.309 e. The van der Waals surface area contributed by atoms with E-state index in [1.165, 1.54) is 0 Å². The Labute approximate surface area is 96.0 Å². The van der Waals surface area contributed by atoms with Crippen molar-refractivity contribution in [1.29, 1.82) is 0 Å². The van der Waals surface area contributed by atoms with Crippen LogP contribution in [0, 0.1) is 5.92 Å². The maximum atomic E-state index is 10.8. The van der Waals surface area contributed by atoms with Gasteiger partial charge in [0.15, 0.2) is 0 Å². The molecule has 94 valence electrons. The highest BCUT2D eigenvalue weighted by atomic mass is 16.5. The van der Waals surface area contributed by atoms with Crippen molar-refractivity contribution in [2.45, 2.75) is 38.9 Å². The van der Waals surface area contributed by atoms with Gasteiger partial charge in [-0.3, -0.25) is 9.69 Å². The molecule has 0 unspecified atom stereocenters. The number of piperidine rings is 1. The molecule has 0 amide bonds. The molecular formula is C11H21NO4. The molecule has 0 bridgehead atoms. The van der Waals surface area contributed by atoms with Gasteiger partial charge in [-0.15, -0.1) is 0 Å². The standard InChI is InChI=1S/C11H21NO4/c1-11(2,3)16-7-12-5-4-8(10(14)15)9(13)6-12/h8-9,13H,4-7H2,1-3H3,(H,14,15)/t8-,9-/m1/s1. The van der Waals surface area contributed by atoms with Gasteiger partial charge in [0, 0.05) is 13.1 Å².